The minimum Gasteiger partial charge on any atom is -0.334 e. The maximum Gasteiger partial charge on any atom is 0.228 e. The minimum absolute atomic E-state index is 0.00782. The quantitative estimate of drug-likeness (QED) is 0.923. The van der Waals surface area contributed by atoms with Crippen molar-refractivity contribution < 1.29 is 4.79 Å². The Labute approximate surface area is 122 Å². The molecule has 1 N–H and O–H groups in total. The predicted molar refractivity (Wildman–Crippen MR) is 76.7 cm³/mol. The molecule has 3 rings (SSSR count). The largest absolute Gasteiger partial charge is 0.334 e. The molecular formula is C14H16N6O. The smallest absolute Gasteiger partial charge is 0.228 e. The van der Waals surface area contributed by atoms with Gasteiger partial charge in [0.25, 0.3) is 0 Å². The van der Waals surface area contributed by atoms with E-state index in [0.29, 0.717) is 11.8 Å². The average Bonchev–Trinajstić information content (AvgIpc) is 2.98. The van der Waals surface area contributed by atoms with Crippen LogP contribution in [-0.4, -0.2) is 37.3 Å². The monoisotopic (exact) mass is 284 g/mol. The fraction of sp³-hybridized carbons (Fsp3) is 0.357. The van der Waals surface area contributed by atoms with Crippen molar-refractivity contribution in [2.45, 2.75) is 25.8 Å². The van der Waals surface area contributed by atoms with Crippen LogP contribution in [0, 0.1) is 0 Å². The molecule has 1 unspecified atom stereocenters. The molecule has 1 atom stereocenters. The van der Waals surface area contributed by atoms with E-state index in [0.717, 1.165) is 25.1 Å². The van der Waals surface area contributed by atoms with Gasteiger partial charge in [-0.1, -0.05) is 0 Å². The third kappa shape index (κ3) is 2.96. The second kappa shape index (κ2) is 5.82. The van der Waals surface area contributed by atoms with Gasteiger partial charge in [0.15, 0.2) is 5.82 Å². The lowest BCUT2D eigenvalue weighted by Gasteiger charge is -2.22. The lowest BCUT2D eigenvalue weighted by molar-refractivity contribution is -0.129. The number of hydrogen-bond acceptors (Lipinski definition) is 6. The van der Waals surface area contributed by atoms with Gasteiger partial charge in [0.05, 0.1) is 24.1 Å². The number of rotatable bonds is 3. The molecule has 0 aliphatic carbocycles. The summed E-state index contributed by atoms with van der Waals surface area (Å²) in [7, 11) is 0. The van der Waals surface area contributed by atoms with Gasteiger partial charge in [-0.2, -0.15) is 0 Å². The van der Waals surface area contributed by atoms with Crippen LogP contribution in [0.4, 0.5) is 11.8 Å². The van der Waals surface area contributed by atoms with Crippen molar-refractivity contribution in [1.29, 1.82) is 0 Å². The van der Waals surface area contributed by atoms with Gasteiger partial charge < -0.3 is 10.2 Å². The maximum absolute atomic E-state index is 11.6. The van der Waals surface area contributed by atoms with Crippen LogP contribution in [0.15, 0.2) is 30.9 Å². The normalized spacial score (nSPS) is 17.8. The number of aromatic nitrogens is 4. The van der Waals surface area contributed by atoms with E-state index < -0.39 is 0 Å². The Bertz CT molecular complexity index is 632. The molecular weight excluding hydrogens is 268 g/mol. The molecule has 108 valence electrons. The molecule has 1 saturated heterocycles. The van der Waals surface area contributed by atoms with Gasteiger partial charge in [-0.15, -0.1) is 0 Å². The van der Waals surface area contributed by atoms with E-state index in [4.69, 9.17) is 0 Å². The van der Waals surface area contributed by atoms with Crippen LogP contribution < -0.4 is 5.32 Å². The third-order valence-electron chi connectivity index (χ3n) is 3.46. The number of nitrogens with zero attached hydrogens (tertiary/aromatic N) is 5. The van der Waals surface area contributed by atoms with E-state index in [9.17, 15) is 4.79 Å². The zero-order valence-corrected chi connectivity index (χ0v) is 11.7. The molecule has 2 aromatic heterocycles. The Balaban J connectivity index is 1.81. The summed E-state index contributed by atoms with van der Waals surface area (Å²) in [5, 5.41) is 3.01. The zero-order chi connectivity index (χ0) is 14.7. The summed E-state index contributed by atoms with van der Waals surface area (Å²) in [5.74, 6) is 1.12. The molecule has 1 fully saturated rings. The summed E-state index contributed by atoms with van der Waals surface area (Å²) in [5.41, 5.74) is 0.795. The Morgan fingerprint density at radius 2 is 2.14 bits per heavy atom. The highest BCUT2D eigenvalue weighted by Crippen LogP contribution is 2.30. The lowest BCUT2D eigenvalue weighted by Crippen LogP contribution is -2.28. The summed E-state index contributed by atoms with van der Waals surface area (Å²) in [6.07, 6.45) is 8.54. The number of hydrogen-bond donors (Lipinski definition) is 1. The summed E-state index contributed by atoms with van der Waals surface area (Å²) < 4.78 is 0. The fourth-order valence-electron chi connectivity index (χ4n) is 2.53. The van der Waals surface area contributed by atoms with Gasteiger partial charge >= 0.3 is 0 Å². The standard InChI is InChI=1S/C14H16N6O/c1-10(21)20-7-2-4-12(20)11-8-15-9-13(18-11)19-14-16-5-3-6-17-14/h3,5-6,8-9,12H,2,4,7H2,1H3,(H,16,17,18,19). The topological polar surface area (TPSA) is 83.9 Å². The van der Waals surface area contributed by atoms with Crippen LogP contribution in [0.5, 0.6) is 0 Å². The van der Waals surface area contributed by atoms with Crippen molar-refractivity contribution in [3.63, 3.8) is 0 Å². The first-order valence-electron chi connectivity index (χ1n) is 6.87. The summed E-state index contributed by atoms with van der Waals surface area (Å²) in [6, 6.07) is 1.75. The summed E-state index contributed by atoms with van der Waals surface area (Å²) in [6.45, 7) is 2.37. The highest BCUT2D eigenvalue weighted by atomic mass is 16.2. The van der Waals surface area contributed by atoms with Crippen LogP contribution in [0.25, 0.3) is 0 Å². The molecule has 21 heavy (non-hydrogen) atoms. The molecule has 7 heteroatoms. The molecule has 1 amide bonds. The van der Waals surface area contributed by atoms with Crippen molar-refractivity contribution in [3.05, 3.63) is 36.5 Å². The molecule has 0 radical (unpaired) electrons. The van der Waals surface area contributed by atoms with Crippen molar-refractivity contribution in [1.82, 2.24) is 24.8 Å². The molecule has 0 spiro atoms. The van der Waals surface area contributed by atoms with Gasteiger partial charge in [0, 0.05) is 25.9 Å². The molecule has 1 aliphatic heterocycles. The first-order valence-corrected chi connectivity index (χ1v) is 6.87. The average molecular weight is 284 g/mol. The lowest BCUT2D eigenvalue weighted by atomic mass is 10.1. The Kier molecular flexibility index (Phi) is 3.72. The number of likely N-dealkylation sites (tertiary alicyclic amines) is 1. The highest BCUT2D eigenvalue weighted by Gasteiger charge is 2.29. The second-order valence-electron chi connectivity index (χ2n) is 4.90. The Hall–Kier alpha value is -2.57. The van der Waals surface area contributed by atoms with Crippen LogP contribution in [-0.2, 0) is 4.79 Å². The van der Waals surface area contributed by atoms with Crippen LogP contribution in [0.1, 0.15) is 31.5 Å². The van der Waals surface area contributed by atoms with Gasteiger partial charge in [-0.25, -0.2) is 15.0 Å². The molecule has 2 aromatic rings. The van der Waals surface area contributed by atoms with Crippen molar-refractivity contribution >= 4 is 17.7 Å². The molecule has 0 saturated carbocycles. The van der Waals surface area contributed by atoms with E-state index in [-0.39, 0.29) is 11.9 Å². The van der Waals surface area contributed by atoms with Crippen LogP contribution in [0.2, 0.25) is 0 Å². The number of nitrogens with one attached hydrogen (secondary N) is 1. The van der Waals surface area contributed by atoms with E-state index in [1.807, 2.05) is 4.90 Å². The summed E-state index contributed by atoms with van der Waals surface area (Å²) >= 11 is 0. The van der Waals surface area contributed by atoms with Crippen molar-refractivity contribution in [2.24, 2.45) is 0 Å². The molecule has 0 bridgehead atoms. The molecule has 1 aliphatic rings. The highest BCUT2D eigenvalue weighted by molar-refractivity contribution is 5.74. The SMILES string of the molecule is CC(=O)N1CCCC1c1cncc(Nc2ncccn2)n1. The molecule has 0 aromatic carbocycles. The third-order valence-corrected chi connectivity index (χ3v) is 3.46. The van der Waals surface area contributed by atoms with E-state index in [1.165, 1.54) is 0 Å². The van der Waals surface area contributed by atoms with Crippen LogP contribution >= 0.6 is 0 Å². The van der Waals surface area contributed by atoms with E-state index in [1.54, 1.807) is 37.8 Å². The molecule has 3 heterocycles. The minimum atomic E-state index is 0.00782. The van der Waals surface area contributed by atoms with Gasteiger partial charge in [0.2, 0.25) is 11.9 Å². The zero-order valence-electron chi connectivity index (χ0n) is 11.7. The van der Waals surface area contributed by atoms with E-state index in [2.05, 4.69) is 25.3 Å². The van der Waals surface area contributed by atoms with Crippen molar-refractivity contribution in [3.8, 4) is 0 Å². The van der Waals surface area contributed by atoms with Crippen molar-refractivity contribution in [2.75, 3.05) is 11.9 Å². The van der Waals surface area contributed by atoms with Gasteiger partial charge in [-0.05, 0) is 18.9 Å². The number of carbonyl (C=O) groups is 1. The Morgan fingerprint density at radius 3 is 2.90 bits per heavy atom. The van der Waals surface area contributed by atoms with Crippen LogP contribution in [0.3, 0.4) is 0 Å². The van der Waals surface area contributed by atoms with Gasteiger partial charge in [0.1, 0.15) is 0 Å². The fourth-order valence-corrected chi connectivity index (χ4v) is 2.53. The maximum atomic E-state index is 11.6. The molecule has 7 nitrogen and oxygen atoms in total. The number of anilines is 2. The number of carbonyl (C=O) groups excluding carboxylic acids is 1. The summed E-state index contributed by atoms with van der Waals surface area (Å²) in [4.78, 5) is 30.4. The second-order valence-corrected chi connectivity index (χ2v) is 4.90. The number of amides is 1. The first-order chi connectivity index (χ1) is 10.2. The first kappa shape index (κ1) is 13.4. The van der Waals surface area contributed by atoms with Gasteiger partial charge in [-0.3, -0.25) is 9.78 Å². The predicted octanol–water partition coefficient (Wildman–Crippen LogP) is 1.69. The van der Waals surface area contributed by atoms with E-state index >= 15 is 0 Å². The Morgan fingerprint density at radius 1 is 1.33 bits per heavy atom.